The van der Waals surface area contributed by atoms with E-state index in [-0.39, 0.29) is 5.69 Å². The summed E-state index contributed by atoms with van der Waals surface area (Å²) in [5, 5.41) is 19.7. The molecule has 0 amide bonds. The Hall–Kier alpha value is -2.07. The fourth-order valence-corrected chi connectivity index (χ4v) is 4.04. The van der Waals surface area contributed by atoms with Crippen molar-refractivity contribution in [3.05, 3.63) is 56.8 Å². The lowest BCUT2D eigenvalue weighted by molar-refractivity contribution is -0.937. The summed E-state index contributed by atoms with van der Waals surface area (Å²) >= 11 is 7.14. The molecule has 1 saturated heterocycles. The minimum atomic E-state index is -0.420. The topological polar surface area (TPSA) is 80.9 Å². The predicted molar refractivity (Wildman–Crippen MR) is 106 cm³/mol. The average molecular weight is 394 g/mol. The molecule has 1 fully saturated rings. The van der Waals surface area contributed by atoms with Crippen LogP contribution in [0, 0.1) is 10.1 Å². The highest BCUT2D eigenvalue weighted by atomic mass is 32.1. The number of nitrogens with zero attached hydrogens (tertiary/aromatic N) is 1. The minimum absolute atomic E-state index is 0.0584. The number of anilines is 1. The number of rotatable bonds is 6. The number of hydrogen-bond donors (Lipinski definition) is 3. The molecule has 0 spiro atoms. The summed E-state index contributed by atoms with van der Waals surface area (Å²) in [4.78, 5) is 13.1. The molecule has 3 N–H and O–H groups in total. The van der Waals surface area contributed by atoms with Gasteiger partial charge in [0.15, 0.2) is 5.11 Å². The number of thiophene rings is 1. The molecule has 7 nitrogen and oxygen atoms in total. The van der Waals surface area contributed by atoms with Gasteiger partial charge in [-0.1, -0.05) is 6.07 Å². The van der Waals surface area contributed by atoms with Crippen molar-refractivity contribution in [3.63, 3.8) is 0 Å². The molecule has 3 rings (SSSR count). The van der Waals surface area contributed by atoms with Crippen LogP contribution in [0.5, 0.6) is 0 Å². The summed E-state index contributed by atoms with van der Waals surface area (Å²) in [5.41, 5.74) is 0.780. The number of hydrogen-bond acceptors (Lipinski definition) is 5. The van der Waals surface area contributed by atoms with Gasteiger partial charge in [-0.2, -0.15) is 0 Å². The summed E-state index contributed by atoms with van der Waals surface area (Å²) in [6.45, 7) is 4.24. The van der Waals surface area contributed by atoms with Crippen LogP contribution >= 0.6 is 23.6 Å². The summed E-state index contributed by atoms with van der Waals surface area (Å²) in [6, 6.07) is 10.8. The molecule has 0 unspecified atom stereocenters. The largest absolute Gasteiger partial charge is 0.370 e. The van der Waals surface area contributed by atoms with E-state index < -0.39 is 4.92 Å². The van der Waals surface area contributed by atoms with E-state index in [1.165, 1.54) is 21.9 Å². The number of thiocarbonyl (C=S) groups is 1. The molecular weight excluding hydrogens is 372 g/mol. The summed E-state index contributed by atoms with van der Waals surface area (Å²) < 4.78 is 5.47. The van der Waals surface area contributed by atoms with Crippen LogP contribution < -0.4 is 15.5 Å². The Morgan fingerprint density at radius 1 is 1.31 bits per heavy atom. The van der Waals surface area contributed by atoms with Crippen LogP contribution in [0.3, 0.4) is 0 Å². The highest BCUT2D eigenvalue weighted by Crippen LogP contribution is 2.17. The van der Waals surface area contributed by atoms with Crippen molar-refractivity contribution < 1.29 is 14.6 Å². The number of quaternary nitrogens is 1. The molecule has 0 aliphatic carbocycles. The van der Waals surface area contributed by atoms with Gasteiger partial charge in [0.25, 0.3) is 5.69 Å². The van der Waals surface area contributed by atoms with Crippen molar-refractivity contribution in [1.29, 1.82) is 0 Å². The molecule has 1 aromatic heterocycles. The Morgan fingerprint density at radius 3 is 2.65 bits per heavy atom. The third-order valence-corrected chi connectivity index (χ3v) is 5.55. The average Bonchev–Trinajstić information content (AvgIpc) is 3.17. The van der Waals surface area contributed by atoms with Crippen LogP contribution in [0.1, 0.15) is 10.9 Å². The van der Waals surface area contributed by atoms with Crippen LogP contribution in [0.2, 0.25) is 0 Å². The Morgan fingerprint density at radius 2 is 2.04 bits per heavy atom. The maximum absolute atomic E-state index is 10.7. The second-order valence-corrected chi connectivity index (χ2v) is 7.37. The molecule has 2 aromatic rings. The highest BCUT2D eigenvalue weighted by Gasteiger charge is 2.27. The molecule has 138 valence electrons. The van der Waals surface area contributed by atoms with E-state index in [4.69, 9.17) is 17.0 Å². The first-order valence-electron chi connectivity index (χ1n) is 8.38. The molecule has 2 heterocycles. The summed E-state index contributed by atoms with van der Waals surface area (Å²) in [6.07, 6.45) is 0. The first kappa shape index (κ1) is 18.7. The normalized spacial score (nSPS) is 16.0. The Balaban J connectivity index is 1.57. The van der Waals surface area contributed by atoms with Gasteiger partial charge in [0, 0.05) is 17.8 Å². The molecule has 9 heteroatoms. The van der Waals surface area contributed by atoms with Crippen molar-refractivity contribution in [2.45, 2.75) is 6.04 Å². The maximum Gasteiger partial charge on any atom is 0.269 e. The fourth-order valence-electron chi connectivity index (χ4n) is 2.95. The molecule has 0 bridgehead atoms. The van der Waals surface area contributed by atoms with Gasteiger partial charge in [-0.15, -0.1) is 11.3 Å². The first-order chi connectivity index (χ1) is 12.6. The van der Waals surface area contributed by atoms with Gasteiger partial charge in [0.2, 0.25) is 0 Å². The van der Waals surface area contributed by atoms with Crippen molar-refractivity contribution in [2.24, 2.45) is 0 Å². The quantitative estimate of drug-likeness (QED) is 0.393. The molecule has 1 aliphatic heterocycles. The predicted octanol–water partition coefficient (Wildman–Crippen LogP) is 1.60. The van der Waals surface area contributed by atoms with Gasteiger partial charge in [-0.3, -0.25) is 10.1 Å². The minimum Gasteiger partial charge on any atom is -0.370 e. The zero-order chi connectivity index (χ0) is 18.4. The molecule has 1 aliphatic rings. The van der Waals surface area contributed by atoms with Gasteiger partial charge < -0.3 is 20.3 Å². The van der Waals surface area contributed by atoms with E-state index in [0.717, 1.165) is 32.0 Å². The fraction of sp³-hybridized carbons (Fsp3) is 0.353. The number of nitrogens with one attached hydrogen (secondary N) is 3. The van der Waals surface area contributed by atoms with Crippen LogP contribution in [-0.4, -0.2) is 42.9 Å². The van der Waals surface area contributed by atoms with E-state index in [1.54, 1.807) is 23.5 Å². The van der Waals surface area contributed by atoms with E-state index in [2.05, 4.69) is 28.1 Å². The third-order valence-electron chi connectivity index (χ3n) is 4.32. The number of ether oxygens (including phenoxy) is 1. The van der Waals surface area contributed by atoms with Crippen molar-refractivity contribution in [1.82, 2.24) is 5.32 Å². The molecule has 0 saturated carbocycles. The summed E-state index contributed by atoms with van der Waals surface area (Å²) in [7, 11) is 0. The number of nitro groups is 1. The van der Waals surface area contributed by atoms with Gasteiger partial charge in [-0.25, -0.2) is 0 Å². The number of non-ortho nitro benzene ring substituents is 1. The van der Waals surface area contributed by atoms with Gasteiger partial charge in [0.1, 0.15) is 19.1 Å². The number of benzene rings is 1. The molecular formula is C17H21N4O3S2+. The zero-order valence-electron chi connectivity index (χ0n) is 14.1. The Kier molecular flexibility index (Phi) is 6.51. The van der Waals surface area contributed by atoms with Crippen LogP contribution in [-0.2, 0) is 4.74 Å². The lowest BCUT2D eigenvalue weighted by Gasteiger charge is -2.31. The second-order valence-electron chi connectivity index (χ2n) is 5.98. The number of morpholine rings is 1. The molecule has 0 radical (unpaired) electrons. The smallest absolute Gasteiger partial charge is 0.269 e. The van der Waals surface area contributed by atoms with E-state index >= 15 is 0 Å². The molecule has 1 atom stereocenters. The van der Waals surface area contributed by atoms with Gasteiger partial charge in [-0.05, 0) is 35.8 Å². The Bertz CT molecular complexity index is 731. The Labute approximate surface area is 161 Å². The van der Waals surface area contributed by atoms with Crippen molar-refractivity contribution in [2.75, 3.05) is 38.2 Å². The van der Waals surface area contributed by atoms with Crippen LogP contribution in [0.25, 0.3) is 0 Å². The van der Waals surface area contributed by atoms with E-state index in [9.17, 15) is 10.1 Å². The highest BCUT2D eigenvalue weighted by molar-refractivity contribution is 7.80. The van der Waals surface area contributed by atoms with Crippen molar-refractivity contribution in [3.8, 4) is 0 Å². The first-order valence-corrected chi connectivity index (χ1v) is 9.67. The molecule has 26 heavy (non-hydrogen) atoms. The zero-order valence-corrected chi connectivity index (χ0v) is 15.8. The SMILES string of the molecule is O=[N+]([O-])c1ccc(NC(=S)NC[C@H](c2cccs2)[NH+]2CCOCC2)cc1. The summed E-state index contributed by atoms with van der Waals surface area (Å²) in [5.74, 6) is 0. The second kappa shape index (κ2) is 9.04. The van der Waals surface area contributed by atoms with E-state index in [1.807, 2.05) is 0 Å². The van der Waals surface area contributed by atoms with E-state index in [0.29, 0.717) is 17.7 Å². The lowest BCUT2D eigenvalue weighted by atomic mass is 10.2. The molecule has 1 aromatic carbocycles. The third kappa shape index (κ3) is 4.98. The monoisotopic (exact) mass is 393 g/mol. The van der Waals surface area contributed by atoms with Crippen LogP contribution in [0.4, 0.5) is 11.4 Å². The lowest BCUT2D eigenvalue weighted by Crippen LogP contribution is -3.15. The van der Waals surface area contributed by atoms with Gasteiger partial charge in [0.05, 0.1) is 29.6 Å². The number of nitro benzene ring substituents is 1. The van der Waals surface area contributed by atoms with Gasteiger partial charge >= 0.3 is 0 Å². The van der Waals surface area contributed by atoms with Crippen molar-refractivity contribution >= 4 is 40.0 Å². The van der Waals surface area contributed by atoms with Crippen LogP contribution in [0.15, 0.2) is 41.8 Å². The standard InChI is InChI=1S/C17H20N4O3S2/c22-21(23)14-5-3-13(4-6-14)19-17(25)18-12-15(16-2-1-11-26-16)20-7-9-24-10-8-20/h1-6,11,15H,7-10,12H2,(H2,18,19,25)/p+1/t15-/m1/s1. The maximum atomic E-state index is 10.7.